The number of ketones is 1. The first-order valence-corrected chi connectivity index (χ1v) is 8.66. The maximum atomic E-state index is 11.4. The minimum Gasteiger partial charge on any atom is -0.755 e. The van der Waals surface area contributed by atoms with Crippen LogP contribution in [0.3, 0.4) is 0 Å². The van der Waals surface area contributed by atoms with Crippen molar-refractivity contribution in [2.75, 3.05) is 4.72 Å². The van der Waals surface area contributed by atoms with Gasteiger partial charge in [-0.3, -0.25) is 9.00 Å². The highest BCUT2D eigenvalue weighted by atomic mass is 32.2. The molecule has 0 aliphatic rings. The van der Waals surface area contributed by atoms with Gasteiger partial charge in [-0.05, 0) is 42.1 Å². The Balaban J connectivity index is 2.23. The third kappa shape index (κ3) is 4.17. The van der Waals surface area contributed by atoms with E-state index >= 15 is 0 Å². The highest BCUT2D eigenvalue weighted by molar-refractivity contribution is 8.00. The molecule has 1 unspecified atom stereocenters. The molecule has 1 N–H and O–H groups in total. The lowest BCUT2D eigenvalue weighted by atomic mass is 10.1. The van der Waals surface area contributed by atoms with Gasteiger partial charge < -0.3 is 9.27 Å². The quantitative estimate of drug-likeness (QED) is 0.501. The monoisotopic (exact) mass is 326 g/mol. The summed E-state index contributed by atoms with van der Waals surface area (Å²) in [4.78, 5) is 11.4. The van der Waals surface area contributed by atoms with Crippen molar-refractivity contribution in [1.82, 2.24) is 0 Å². The molecule has 0 amide bonds. The number of carbonyl (C=O) groups excluding carboxylic acids is 1. The van der Waals surface area contributed by atoms with Gasteiger partial charge >= 0.3 is 0 Å². The van der Waals surface area contributed by atoms with Gasteiger partial charge in [0, 0.05) is 28.3 Å². The molecule has 4 nitrogen and oxygen atoms in total. The average molecular weight is 326 g/mol. The Morgan fingerprint density at radius 3 is 2.85 bits per heavy atom. The van der Waals surface area contributed by atoms with Crippen LogP contribution >= 0.6 is 23.1 Å². The van der Waals surface area contributed by atoms with Gasteiger partial charge in [0.05, 0.1) is 4.21 Å². The second-order valence-corrected chi connectivity index (χ2v) is 6.88. The predicted octanol–water partition coefficient (Wildman–Crippen LogP) is 3.45. The standard InChI is InChI=1S/C13H13NO3S3/c1-9(15)10-4-5-12(14-20(16)17)11(7-10)8-19-13-3-2-6-18-13/h2-7,14H,8H2,1H3,(H,16,17)/p-1. The van der Waals surface area contributed by atoms with E-state index in [0.29, 0.717) is 17.0 Å². The predicted molar refractivity (Wildman–Crippen MR) is 82.9 cm³/mol. The smallest absolute Gasteiger partial charge is 0.159 e. The molecule has 1 aromatic carbocycles. The fourth-order valence-corrected chi connectivity index (χ4v) is 3.77. The molecule has 106 valence electrons. The number of thiophene rings is 1. The molecule has 1 heterocycles. The highest BCUT2D eigenvalue weighted by Crippen LogP contribution is 2.30. The largest absolute Gasteiger partial charge is 0.755 e. The maximum Gasteiger partial charge on any atom is 0.159 e. The number of nitrogens with one attached hydrogen (secondary N) is 1. The number of benzene rings is 1. The number of carbonyl (C=O) groups is 1. The van der Waals surface area contributed by atoms with E-state index in [9.17, 15) is 13.6 Å². The van der Waals surface area contributed by atoms with Gasteiger partial charge in [-0.2, -0.15) is 0 Å². The van der Waals surface area contributed by atoms with Crippen molar-refractivity contribution in [3.05, 3.63) is 46.8 Å². The van der Waals surface area contributed by atoms with E-state index in [0.717, 1.165) is 9.77 Å². The Morgan fingerprint density at radius 2 is 2.25 bits per heavy atom. The fraction of sp³-hybridized carbons (Fsp3) is 0.154. The van der Waals surface area contributed by atoms with Gasteiger partial charge in [0.1, 0.15) is 0 Å². The highest BCUT2D eigenvalue weighted by Gasteiger charge is 2.08. The fourth-order valence-electron chi connectivity index (χ4n) is 1.62. The first-order chi connectivity index (χ1) is 9.56. The molecule has 7 heteroatoms. The van der Waals surface area contributed by atoms with Crippen LogP contribution in [0.4, 0.5) is 5.69 Å². The molecule has 1 aromatic heterocycles. The van der Waals surface area contributed by atoms with Crippen molar-refractivity contribution in [3.8, 4) is 0 Å². The molecule has 0 aliphatic carbocycles. The Hall–Kier alpha value is -1.15. The lowest BCUT2D eigenvalue weighted by Crippen LogP contribution is -2.06. The first-order valence-electron chi connectivity index (χ1n) is 5.72. The van der Waals surface area contributed by atoms with Crippen molar-refractivity contribution in [2.24, 2.45) is 0 Å². The zero-order valence-corrected chi connectivity index (χ0v) is 13.1. The van der Waals surface area contributed by atoms with Gasteiger partial charge in [-0.25, -0.2) is 0 Å². The summed E-state index contributed by atoms with van der Waals surface area (Å²) in [5, 5.41) is 1.99. The molecular weight excluding hydrogens is 314 g/mol. The summed E-state index contributed by atoms with van der Waals surface area (Å²) < 4.78 is 25.1. The van der Waals surface area contributed by atoms with Crippen LogP contribution in [0.15, 0.2) is 39.9 Å². The van der Waals surface area contributed by atoms with Crippen LogP contribution in [0.2, 0.25) is 0 Å². The Bertz CT molecular complexity index is 626. The maximum absolute atomic E-state index is 11.4. The molecule has 2 aromatic rings. The molecule has 1 atom stereocenters. The second kappa shape index (κ2) is 7.03. The number of hydrogen-bond donors (Lipinski definition) is 1. The zero-order valence-electron chi connectivity index (χ0n) is 10.6. The summed E-state index contributed by atoms with van der Waals surface area (Å²) >= 11 is 0.858. The van der Waals surface area contributed by atoms with Crippen molar-refractivity contribution in [1.29, 1.82) is 0 Å². The number of hydrogen-bond acceptors (Lipinski definition) is 5. The SMILES string of the molecule is CC(=O)c1ccc(NS(=O)[O-])c(CSc2cccs2)c1. The van der Waals surface area contributed by atoms with E-state index in [1.807, 2.05) is 17.5 Å². The lowest BCUT2D eigenvalue weighted by molar-refractivity contribution is 0.101. The summed E-state index contributed by atoms with van der Waals surface area (Å²) in [5.41, 5.74) is 1.88. The summed E-state index contributed by atoms with van der Waals surface area (Å²) in [6.45, 7) is 1.49. The van der Waals surface area contributed by atoms with Gasteiger partial charge in [0.25, 0.3) is 0 Å². The third-order valence-corrected chi connectivity index (χ3v) is 5.14. The van der Waals surface area contributed by atoms with Gasteiger partial charge in [-0.1, -0.05) is 6.07 Å². The van der Waals surface area contributed by atoms with Crippen molar-refractivity contribution >= 4 is 45.8 Å². The molecule has 0 fully saturated rings. The summed E-state index contributed by atoms with van der Waals surface area (Å²) in [5.74, 6) is 0.559. The Morgan fingerprint density at radius 1 is 1.45 bits per heavy atom. The van der Waals surface area contributed by atoms with Crippen molar-refractivity contribution < 1.29 is 13.6 Å². The van der Waals surface area contributed by atoms with Crippen LogP contribution in [0, 0.1) is 0 Å². The van der Waals surface area contributed by atoms with Gasteiger partial charge in [0.15, 0.2) is 5.78 Å². The van der Waals surface area contributed by atoms with E-state index in [4.69, 9.17) is 0 Å². The Labute approximate surface area is 128 Å². The summed E-state index contributed by atoms with van der Waals surface area (Å²) in [7, 11) is 0. The van der Waals surface area contributed by atoms with Crippen molar-refractivity contribution in [2.45, 2.75) is 16.9 Å². The number of thioether (sulfide) groups is 1. The molecule has 0 bridgehead atoms. The van der Waals surface area contributed by atoms with E-state index in [1.54, 1.807) is 41.3 Å². The zero-order chi connectivity index (χ0) is 14.5. The molecule has 0 saturated carbocycles. The van der Waals surface area contributed by atoms with E-state index in [2.05, 4.69) is 4.72 Å². The van der Waals surface area contributed by atoms with Gasteiger partial charge in [-0.15, -0.1) is 23.1 Å². The van der Waals surface area contributed by atoms with E-state index in [1.165, 1.54) is 6.92 Å². The molecule has 0 saturated heterocycles. The minimum absolute atomic E-state index is 0.0397. The Kier molecular flexibility index (Phi) is 5.36. The normalized spacial score (nSPS) is 12.1. The van der Waals surface area contributed by atoms with Crippen LogP contribution in [-0.4, -0.2) is 14.5 Å². The van der Waals surface area contributed by atoms with Crippen LogP contribution in [0.25, 0.3) is 0 Å². The van der Waals surface area contributed by atoms with Crippen LogP contribution in [-0.2, 0) is 17.0 Å². The second-order valence-electron chi connectivity index (χ2n) is 3.99. The van der Waals surface area contributed by atoms with E-state index < -0.39 is 11.3 Å². The summed E-state index contributed by atoms with van der Waals surface area (Å²) in [6, 6.07) is 8.94. The topological polar surface area (TPSA) is 69.2 Å². The van der Waals surface area contributed by atoms with E-state index in [-0.39, 0.29) is 5.78 Å². The van der Waals surface area contributed by atoms with Crippen LogP contribution in [0.5, 0.6) is 0 Å². The number of rotatable bonds is 6. The lowest BCUT2D eigenvalue weighted by Gasteiger charge is -2.14. The molecule has 0 radical (unpaired) electrons. The van der Waals surface area contributed by atoms with Gasteiger partial charge in [0.2, 0.25) is 0 Å². The van der Waals surface area contributed by atoms with Crippen LogP contribution < -0.4 is 4.72 Å². The summed E-state index contributed by atoms with van der Waals surface area (Å²) in [6.07, 6.45) is 0. The first kappa shape index (κ1) is 15.2. The molecule has 20 heavy (non-hydrogen) atoms. The average Bonchev–Trinajstić information content (AvgIpc) is 2.89. The molecular formula is C13H12NO3S3-. The van der Waals surface area contributed by atoms with Crippen molar-refractivity contribution in [3.63, 3.8) is 0 Å². The number of anilines is 1. The molecule has 0 spiro atoms. The third-order valence-electron chi connectivity index (χ3n) is 2.57. The minimum atomic E-state index is -2.38. The molecule has 0 aliphatic heterocycles. The molecule has 2 rings (SSSR count). The van der Waals surface area contributed by atoms with Crippen LogP contribution in [0.1, 0.15) is 22.8 Å². The number of Topliss-reactive ketones (excluding diaryl/α,β-unsaturated/α-hetero) is 1.